The van der Waals surface area contributed by atoms with Gasteiger partial charge in [-0.2, -0.15) is 0 Å². The second kappa shape index (κ2) is 8.70. The first-order valence-electron chi connectivity index (χ1n) is 7.25. The third-order valence-corrected chi connectivity index (χ3v) is 3.09. The fourth-order valence-electron chi connectivity index (χ4n) is 1.85. The highest BCUT2D eigenvalue weighted by Crippen LogP contribution is 2.15. The Balaban J connectivity index is 1.84. The Morgan fingerprint density at radius 2 is 1.83 bits per heavy atom. The average Bonchev–Trinajstić information content (AvgIpc) is 2.56. The Bertz CT molecular complexity index is 682. The minimum atomic E-state index is -0.280. The van der Waals surface area contributed by atoms with Gasteiger partial charge in [-0.25, -0.2) is 0 Å². The van der Waals surface area contributed by atoms with Crippen molar-refractivity contribution in [2.24, 2.45) is 0 Å². The molecule has 2 rings (SSSR count). The van der Waals surface area contributed by atoms with Gasteiger partial charge in [-0.3, -0.25) is 10.1 Å². The van der Waals surface area contributed by atoms with Crippen LogP contribution in [0.2, 0.25) is 0 Å². The molecule has 0 heterocycles. The molecular weight excluding hydrogens is 308 g/mol. The molecule has 0 aliphatic carbocycles. The predicted molar refractivity (Wildman–Crippen MR) is 97.5 cm³/mol. The summed E-state index contributed by atoms with van der Waals surface area (Å²) < 4.78 is 5.36. The van der Waals surface area contributed by atoms with Crippen LogP contribution in [0, 0.1) is 0 Å². The van der Waals surface area contributed by atoms with E-state index in [0.717, 1.165) is 17.0 Å². The molecule has 0 radical (unpaired) electrons. The molecule has 0 aromatic heterocycles. The monoisotopic (exact) mass is 326 g/mol. The van der Waals surface area contributed by atoms with E-state index in [0.29, 0.717) is 6.61 Å². The molecule has 0 spiro atoms. The lowest BCUT2D eigenvalue weighted by molar-refractivity contribution is -0.115. The standard InChI is InChI=1S/C18H18N2O2S/c1-2-22-16-11-9-15(10-12-16)19-18(23)20-17(21)13-8-14-6-4-3-5-7-14/h3-13H,2H2,1H3,(H2,19,20,21,23). The average molecular weight is 326 g/mol. The summed E-state index contributed by atoms with van der Waals surface area (Å²) in [5.74, 6) is 0.510. The number of benzene rings is 2. The normalized spacial score (nSPS) is 10.3. The lowest BCUT2D eigenvalue weighted by Gasteiger charge is -2.09. The van der Waals surface area contributed by atoms with Gasteiger partial charge in [-0.15, -0.1) is 0 Å². The van der Waals surface area contributed by atoms with Gasteiger partial charge in [0, 0.05) is 11.8 Å². The van der Waals surface area contributed by atoms with Gasteiger partial charge in [0.05, 0.1) is 6.61 Å². The van der Waals surface area contributed by atoms with Gasteiger partial charge >= 0.3 is 0 Å². The van der Waals surface area contributed by atoms with E-state index in [1.54, 1.807) is 6.08 Å². The quantitative estimate of drug-likeness (QED) is 0.651. The number of rotatable bonds is 5. The molecule has 0 aliphatic heterocycles. The van der Waals surface area contributed by atoms with Crippen molar-refractivity contribution in [2.75, 3.05) is 11.9 Å². The van der Waals surface area contributed by atoms with Crippen molar-refractivity contribution in [3.8, 4) is 5.75 Å². The fourth-order valence-corrected chi connectivity index (χ4v) is 2.07. The highest BCUT2D eigenvalue weighted by molar-refractivity contribution is 7.80. The second-order valence-corrected chi connectivity index (χ2v) is 5.05. The van der Waals surface area contributed by atoms with Gasteiger partial charge in [0.1, 0.15) is 5.75 Å². The Morgan fingerprint density at radius 1 is 1.13 bits per heavy atom. The molecule has 0 atom stereocenters. The highest BCUT2D eigenvalue weighted by Gasteiger charge is 2.02. The van der Waals surface area contributed by atoms with Crippen LogP contribution < -0.4 is 15.4 Å². The van der Waals surface area contributed by atoms with E-state index in [4.69, 9.17) is 17.0 Å². The molecule has 4 nitrogen and oxygen atoms in total. The predicted octanol–water partition coefficient (Wildman–Crippen LogP) is 3.61. The summed E-state index contributed by atoms with van der Waals surface area (Å²) in [5.41, 5.74) is 1.74. The molecule has 0 saturated carbocycles. The zero-order chi connectivity index (χ0) is 16.5. The van der Waals surface area contributed by atoms with E-state index < -0.39 is 0 Å². The molecular formula is C18H18N2O2S. The summed E-state index contributed by atoms with van der Waals surface area (Å²) in [6.07, 6.45) is 3.18. The molecule has 2 aromatic carbocycles. The number of carbonyl (C=O) groups is 1. The smallest absolute Gasteiger partial charge is 0.250 e. The third kappa shape index (κ3) is 5.92. The van der Waals surface area contributed by atoms with Crippen LogP contribution in [0.5, 0.6) is 5.75 Å². The molecule has 0 fully saturated rings. The fraction of sp³-hybridized carbons (Fsp3) is 0.111. The van der Waals surface area contributed by atoms with Crippen LogP contribution in [-0.4, -0.2) is 17.6 Å². The zero-order valence-corrected chi connectivity index (χ0v) is 13.6. The maximum absolute atomic E-state index is 11.8. The summed E-state index contributed by atoms with van der Waals surface area (Å²) in [6.45, 7) is 2.55. The summed E-state index contributed by atoms with van der Waals surface area (Å²) >= 11 is 5.12. The van der Waals surface area contributed by atoms with Gasteiger partial charge in [-0.05, 0) is 55.0 Å². The lowest BCUT2D eigenvalue weighted by Crippen LogP contribution is -2.32. The van der Waals surface area contributed by atoms with Crippen molar-refractivity contribution in [1.29, 1.82) is 0 Å². The van der Waals surface area contributed by atoms with Crippen molar-refractivity contribution in [1.82, 2.24) is 5.32 Å². The number of hydrogen-bond donors (Lipinski definition) is 2. The summed E-state index contributed by atoms with van der Waals surface area (Å²) in [4.78, 5) is 11.8. The second-order valence-electron chi connectivity index (χ2n) is 4.64. The first-order chi connectivity index (χ1) is 11.2. The molecule has 118 valence electrons. The molecule has 23 heavy (non-hydrogen) atoms. The molecule has 1 amide bonds. The molecule has 0 unspecified atom stereocenters. The van der Waals surface area contributed by atoms with E-state index in [2.05, 4.69) is 10.6 Å². The van der Waals surface area contributed by atoms with Gasteiger partial charge in [-0.1, -0.05) is 30.3 Å². The largest absolute Gasteiger partial charge is 0.494 e. The SMILES string of the molecule is CCOc1ccc(NC(=S)NC(=O)C=Cc2ccccc2)cc1. The first-order valence-corrected chi connectivity index (χ1v) is 7.66. The molecule has 0 saturated heterocycles. The van der Waals surface area contributed by atoms with E-state index in [-0.39, 0.29) is 11.0 Å². The highest BCUT2D eigenvalue weighted by atomic mass is 32.1. The van der Waals surface area contributed by atoms with Gasteiger partial charge in [0.2, 0.25) is 5.91 Å². The van der Waals surface area contributed by atoms with Gasteiger partial charge < -0.3 is 10.1 Å². The minimum absolute atomic E-state index is 0.247. The van der Waals surface area contributed by atoms with Crippen LogP contribution in [0.1, 0.15) is 12.5 Å². The van der Waals surface area contributed by atoms with Crippen molar-refractivity contribution < 1.29 is 9.53 Å². The third-order valence-electron chi connectivity index (χ3n) is 2.89. The van der Waals surface area contributed by atoms with E-state index in [9.17, 15) is 4.79 Å². The number of anilines is 1. The lowest BCUT2D eigenvalue weighted by atomic mass is 10.2. The maximum Gasteiger partial charge on any atom is 0.250 e. The minimum Gasteiger partial charge on any atom is -0.494 e. The Kier molecular flexibility index (Phi) is 6.32. The topological polar surface area (TPSA) is 50.4 Å². The Hall–Kier alpha value is -2.66. The van der Waals surface area contributed by atoms with Crippen LogP contribution in [0.3, 0.4) is 0 Å². The number of carbonyl (C=O) groups excluding carboxylic acids is 1. The van der Waals surface area contributed by atoms with Crippen molar-refractivity contribution in [3.05, 3.63) is 66.2 Å². The van der Waals surface area contributed by atoms with Crippen LogP contribution in [0.4, 0.5) is 5.69 Å². The summed E-state index contributed by atoms with van der Waals surface area (Å²) in [5, 5.41) is 5.80. The van der Waals surface area contributed by atoms with Gasteiger partial charge in [0.25, 0.3) is 0 Å². The van der Waals surface area contributed by atoms with Crippen LogP contribution in [0.15, 0.2) is 60.7 Å². The number of thiocarbonyl (C=S) groups is 1. The summed E-state index contributed by atoms with van der Waals surface area (Å²) in [6, 6.07) is 16.9. The Labute approximate surface area is 141 Å². The number of nitrogens with one attached hydrogen (secondary N) is 2. The number of amides is 1. The van der Waals surface area contributed by atoms with Crippen LogP contribution >= 0.6 is 12.2 Å². The molecule has 5 heteroatoms. The van der Waals surface area contributed by atoms with Crippen LogP contribution in [-0.2, 0) is 4.79 Å². The molecule has 2 N–H and O–H groups in total. The number of hydrogen-bond acceptors (Lipinski definition) is 3. The van der Waals surface area contributed by atoms with Crippen molar-refractivity contribution >= 4 is 35.0 Å². The number of ether oxygens (including phenoxy) is 1. The first kappa shape index (κ1) is 16.7. The maximum atomic E-state index is 11.8. The van der Waals surface area contributed by atoms with Crippen LogP contribution in [0.25, 0.3) is 6.08 Å². The molecule has 2 aromatic rings. The van der Waals surface area contributed by atoms with Crippen molar-refractivity contribution in [3.63, 3.8) is 0 Å². The van der Waals surface area contributed by atoms with Crippen molar-refractivity contribution in [2.45, 2.75) is 6.92 Å². The molecule has 0 aliphatic rings. The zero-order valence-electron chi connectivity index (χ0n) is 12.8. The van der Waals surface area contributed by atoms with E-state index in [1.807, 2.05) is 61.5 Å². The van der Waals surface area contributed by atoms with E-state index in [1.165, 1.54) is 6.08 Å². The Morgan fingerprint density at radius 3 is 2.48 bits per heavy atom. The van der Waals surface area contributed by atoms with E-state index >= 15 is 0 Å². The van der Waals surface area contributed by atoms with Gasteiger partial charge in [0.15, 0.2) is 5.11 Å². The summed E-state index contributed by atoms with van der Waals surface area (Å²) in [7, 11) is 0. The molecule has 0 bridgehead atoms.